The first-order valence-corrected chi connectivity index (χ1v) is 10.00. The Morgan fingerprint density at radius 3 is 2.59 bits per heavy atom. The number of aryl methyl sites for hydroxylation is 1. The van der Waals surface area contributed by atoms with E-state index in [-0.39, 0.29) is 0 Å². The van der Waals surface area contributed by atoms with Crippen molar-refractivity contribution in [2.75, 3.05) is 38.2 Å². The normalized spacial score (nSPS) is 16.0. The Labute approximate surface area is 172 Å². The van der Waals surface area contributed by atoms with Gasteiger partial charge in [0.1, 0.15) is 17.7 Å². The minimum absolute atomic E-state index is 0.661. The summed E-state index contributed by atoms with van der Waals surface area (Å²) in [6, 6.07) is 16.4. The second-order valence-corrected chi connectivity index (χ2v) is 7.47. The Balaban J connectivity index is 1.44. The van der Waals surface area contributed by atoms with Crippen LogP contribution in [0.15, 0.2) is 60.9 Å². The van der Waals surface area contributed by atoms with Gasteiger partial charge >= 0.3 is 0 Å². The quantitative estimate of drug-likeness (QED) is 0.699. The molecule has 4 rings (SSSR count). The van der Waals surface area contributed by atoms with Crippen molar-refractivity contribution < 1.29 is 9.84 Å². The van der Waals surface area contributed by atoms with Gasteiger partial charge in [0.2, 0.25) is 0 Å². The van der Waals surface area contributed by atoms with E-state index in [1.807, 2.05) is 48.1 Å². The van der Waals surface area contributed by atoms with Crippen LogP contribution >= 0.6 is 0 Å². The van der Waals surface area contributed by atoms with E-state index in [1.54, 1.807) is 13.3 Å². The summed E-state index contributed by atoms with van der Waals surface area (Å²) in [5.74, 6) is 1.56. The van der Waals surface area contributed by atoms with Crippen LogP contribution in [0, 0.1) is 0 Å². The molecular weight excluding hydrogens is 364 g/mol. The highest BCUT2D eigenvalue weighted by Crippen LogP contribution is 2.30. The molecule has 1 aliphatic rings. The van der Waals surface area contributed by atoms with E-state index >= 15 is 0 Å². The summed E-state index contributed by atoms with van der Waals surface area (Å²) >= 11 is 0. The summed E-state index contributed by atoms with van der Waals surface area (Å²) in [5.41, 5.74) is 3.26. The Bertz CT molecular complexity index is 947. The highest BCUT2D eigenvalue weighted by atomic mass is 16.5. The number of aromatic nitrogens is 2. The van der Waals surface area contributed by atoms with Gasteiger partial charge in [-0.1, -0.05) is 30.3 Å². The number of imidazole rings is 1. The fourth-order valence-corrected chi connectivity index (χ4v) is 3.96. The predicted octanol–water partition coefficient (Wildman–Crippen LogP) is 2.83. The Morgan fingerprint density at radius 2 is 1.86 bits per heavy atom. The lowest BCUT2D eigenvalue weighted by molar-refractivity contribution is 0.205. The largest absolute Gasteiger partial charge is 0.497 e. The van der Waals surface area contributed by atoms with Gasteiger partial charge in [-0.05, 0) is 23.8 Å². The maximum Gasteiger partial charge on any atom is 0.142 e. The van der Waals surface area contributed by atoms with E-state index in [0.29, 0.717) is 5.82 Å². The fraction of sp³-hybridized carbons (Fsp3) is 0.348. The second kappa shape index (κ2) is 8.68. The van der Waals surface area contributed by atoms with E-state index < -0.39 is 6.10 Å². The number of hydrogen-bond acceptors (Lipinski definition) is 5. The smallest absolute Gasteiger partial charge is 0.142 e. The van der Waals surface area contributed by atoms with Crippen molar-refractivity contribution in [1.82, 2.24) is 14.5 Å². The highest BCUT2D eigenvalue weighted by molar-refractivity contribution is 5.56. The molecule has 2 aromatic carbocycles. The van der Waals surface area contributed by atoms with Gasteiger partial charge in [0.05, 0.1) is 7.11 Å². The van der Waals surface area contributed by atoms with Crippen LogP contribution in [0.25, 0.3) is 0 Å². The molecule has 6 heteroatoms. The van der Waals surface area contributed by atoms with Crippen LogP contribution < -0.4 is 9.64 Å². The van der Waals surface area contributed by atoms with Gasteiger partial charge in [-0.3, -0.25) is 4.90 Å². The molecule has 6 nitrogen and oxygen atoms in total. The molecule has 2 heterocycles. The number of benzene rings is 2. The summed E-state index contributed by atoms with van der Waals surface area (Å²) in [7, 11) is 3.61. The number of ether oxygens (including phenoxy) is 1. The van der Waals surface area contributed by atoms with Crippen LogP contribution in [0.4, 0.5) is 5.69 Å². The maximum absolute atomic E-state index is 10.9. The highest BCUT2D eigenvalue weighted by Gasteiger charge is 2.24. The third-order valence-corrected chi connectivity index (χ3v) is 5.59. The van der Waals surface area contributed by atoms with Crippen molar-refractivity contribution in [3.05, 3.63) is 77.9 Å². The second-order valence-electron chi connectivity index (χ2n) is 7.47. The first-order chi connectivity index (χ1) is 14.2. The van der Waals surface area contributed by atoms with Gasteiger partial charge in [-0.2, -0.15) is 0 Å². The zero-order valence-electron chi connectivity index (χ0n) is 17.0. The molecule has 152 valence electrons. The molecule has 0 radical (unpaired) electrons. The number of methoxy groups -OCH3 is 1. The number of nitrogens with zero attached hydrogens (tertiary/aromatic N) is 4. The molecule has 1 saturated heterocycles. The lowest BCUT2D eigenvalue weighted by Gasteiger charge is -2.37. The molecule has 0 saturated carbocycles. The molecule has 0 amide bonds. The zero-order valence-corrected chi connectivity index (χ0v) is 17.0. The summed E-state index contributed by atoms with van der Waals surface area (Å²) in [6.07, 6.45) is 2.85. The Kier molecular flexibility index (Phi) is 5.83. The standard InChI is InChI=1S/C23H28N4O2/c1-25-11-10-24-23(25)22(28)20-8-3-4-9-21(20)27-14-12-26(13-15-27)17-18-6-5-7-19(16-18)29-2/h3-11,16,22,28H,12-15,17H2,1-2H3/t22-/m1/s1. The molecule has 0 aliphatic carbocycles. The molecule has 1 fully saturated rings. The maximum atomic E-state index is 10.9. The number of piperazine rings is 1. The number of aliphatic hydroxyl groups is 1. The summed E-state index contributed by atoms with van der Waals surface area (Å²) in [6.45, 7) is 4.72. The van der Waals surface area contributed by atoms with Crippen LogP contribution in [0.3, 0.4) is 0 Å². The zero-order chi connectivity index (χ0) is 20.2. The molecule has 1 aliphatic heterocycles. The number of rotatable bonds is 6. The third-order valence-electron chi connectivity index (χ3n) is 5.59. The number of hydrogen-bond donors (Lipinski definition) is 1. The van der Waals surface area contributed by atoms with Crippen molar-refractivity contribution in [3.8, 4) is 5.75 Å². The first-order valence-electron chi connectivity index (χ1n) is 10.00. The van der Waals surface area contributed by atoms with Gasteiger partial charge in [0.15, 0.2) is 0 Å². The van der Waals surface area contributed by atoms with Crippen molar-refractivity contribution in [1.29, 1.82) is 0 Å². The molecule has 0 spiro atoms. The summed E-state index contributed by atoms with van der Waals surface area (Å²) in [4.78, 5) is 9.15. The van der Waals surface area contributed by atoms with Crippen LogP contribution in [0.5, 0.6) is 5.75 Å². The van der Waals surface area contributed by atoms with Gasteiger partial charge in [0.25, 0.3) is 0 Å². The molecule has 1 aromatic heterocycles. The van der Waals surface area contributed by atoms with Gasteiger partial charge in [0, 0.05) is 63.4 Å². The lowest BCUT2D eigenvalue weighted by Crippen LogP contribution is -2.46. The third kappa shape index (κ3) is 4.28. The molecule has 0 bridgehead atoms. The summed E-state index contributed by atoms with van der Waals surface area (Å²) < 4.78 is 7.20. The van der Waals surface area contributed by atoms with E-state index in [2.05, 4.69) is 33.0 Å². The van der Waals surface area contributed by atoms with E-state index in [9.17, 15) is 5.11 Å². The van der Waals surface area contributed by atoms with Crippen LogP contribution in [0.2, 0.25) is 0 Å². The van der Waals surface area contributed by atoms with Gasteiger partial charge in [-0.25, -0.2) is 4.98 Å². The van der Waals surface area contributed by atoms with Crippen LogP contribution in [0.1, 0.15) is 23.1 Å². The number of aliphatic hydroxyl groups excluding tert-OH is 1. The van der Waals surface area contributed by atoms with E-state index in [0.717, 1.165) is 49.7 Å². The molecule has 3 aromatic rings. The molecular formula is C23H28N4O2. The van der Waals surface area contributed by atoms with E-state index in [4.69, 9.17) is 4.74 Å². The van der Waals surface area contributed by atoms with E-state index in [1.165, 1.54) is 5.56 Å². The minimum atomic E-state index is -0.735. The number of anilines is 1. The Hall–Kier alpha value is -2.83. The average Bonchev–Trinajstić information content (AvgIpc) is 3.20. The minimum Gasteiger partial charge on any atom is -0.497 e. The first kappa shape index (κ1) is 19.5. The van der Waals surface area contributed by atoms with Crippen molar-refractivity contribution in [2.45, 2.75) is 12.6 Å². The monoisotopic (exact) mass is 392 g/mol. The molecule has 29 heavy (non-hydrogen) atoms. The molecule has 1 N–H and O–H groups in total. The SMILES string of the molecule is COc1cccc(CN2CCN(c3ccccc3[C@@H](O)c3nccn3C)CC2)c1. The van der Waals surface area contributed by atoms with Gasteiger partial charge in [-0.15, -0.1) is 0 Å². The topological polar surface area (TPSA) is 53.8 Å². The van der Waals surface area contributed by atoms with Crippen molar-refractivity contribution in [2.24, 2.45) is 7.05 Å². The number of para-hydroxylation sites is 1. The van der Waals surface area contributed by atoms with Crippen LogP contribution in [-0.2, 0) is 13.6 Å². The van der Waals surface area contributed by atoms with Crippen LogP contribution in [-0.4, -0.2) is 52.8 Å². The lowest BCUT2D eigenvalue weighted by atomic mass is 10.0. The average molecular weight is 393 g/mol. The summed E-state index contributed by atoms with van der Waals surface area (Å²) in [5, 5.41) is 10.9. The van der Waals surface area contributed by atoms with Crippen molar-refractivity contribution in [3.63, 3.8) is 0 Å². The molecule has 0 unspecified atom stereocenters. The molecule has 1 atom stereocenters. The Morgan fingerprint density at radius 1 is 1.07 bits per heavy atom. The predicted molar refractivity (Wildman–Crippen MR) is 114 cm³/mol. The van der Waals surface area contributed by atoms with Crippen molar-refractivity contribution >= 4 is 5.69 Å². The fourth-order valence-electron chi connectivity index (χ4n) is 3.96. The van der Waals surface area contributed by atoms with Gasteiger partial charge < -0.3 is 19.3 Å².